The van der Waals surface area contributed by atoms with E-state index in [9.17, 15) is 14.4 Å². The first-order valence-electron chi connectivity index (χ1n) is 14.4. The van der Waals surface area contributed by atoms with Gasteiger partial charge in [-0.15, -0.1) is 0 Å². The van der Waals surface area contributed by atoms with Gasteiger partial charge >= 0.3 is 6.09 Å². The third-order valence-electron chi connectivity index (χ3n) is 7.39. The number of nitrogens with zero attached hydrogens (tertiary/aromatic N) is 1. The van der Waals surface area contributed by atoms with Crippen molar-refractivity contribution in [3.63, 3.8) is 0 Å². The second kappa shape index (κ2) is 11.9. The molecule has 41 heavy (non-hydrogen) atoms. The average Bonchev–Trinajstić information content (AvgIpc) is 3.58. The lowest BCUT2D eigenvalue weighted by molar-refractivity contribution is -0.142. The van der Waals surface area contributed by atoms with E-state index in [0.717, 1.165) is 33.9 Å². The number of amides is 3. The second-order valence-electron chi connectivity index (χ2n) is 12.8. The number of carbonyl (C=O) groups is 3. The third-order valence-corrected chi connectivity index (χ3v) is 7.39. The van der Waals surface area contributed by atoms with Crippen LogP contribution in [-0.2, 0) is 14.3 Å². The van der Waals surface area contributed by atoms with Crippen molar-refractivity contribution in [2.24, 2.45) is 11.8 Å². The van der Waals surface area contributed by atoms with Crippen molar-refractivity contribution in [2.45, 2.75) is 85.5 Å². The first-order valence-corrected chi connectivity index (χ1v) is 14.4. The number of aryl methyl sites for hydroxylation is 2. The third kappa shape index (κ3) is 7.46. The van der Waals surface area contributed by atoms with Crippen LogP contribution in [0.2, 0.25) is 0 Å². The van der Waals surface area contributed by atoms with Crippen LogP contribution in [0.5, 0.6) is 0 Å². The van der Waals surface area contributed by atoms with E-state index < -0.39 is 23.8 Å². The number of nitrogens with one attached hydrogen (secondary N) is 2. The summed E-state index contributed by atoms with van der Waals surface area (Å²) in [5, 5.41) is 7.99. The van der Waals surface area contributed by atoms with Gasteiger partial charge in [-0.25, -0.2) is 4.79 Å². The Morgan fingerprint density at radius 1 is 0.927 bits per heavy atom. The van der Waals surface area contributed by atoms with Gasteiger partial charge in [0.15, 0.2) is 0 Å². The van der Waals surface area contributed by atoms with Gasteiger partial charge in [0, 0.05) is 11.7 Å². The Balaban J connectivity index is 1.74. The minimum atomic E-state index is -0.885. The first-order chi connectivity index (χ1) is 19.2. The van der Waals surface area contributed by atoms with E-state index in [-0.39, 0.29) is 29.7 Å². The molecule has 0 aliphatic heterocycles. The summed E-state index contributed by atoms with van der Waals surface area (Å²) in [5.74, 6) is -0.583. The lowest BCUT2D eigenvalue weighted by Gasteiger charge is -2.36. The van der Waals surface area contributed by atoms with Gasteiger partial charge in [-0.1, -0.05) is 80.4 Å². The Labute approximate surface area is 243 Å². The van der Waals surface area contributed by atoms with Gasteiger partial charge in [-0.3, -0.25) is 9.59 Å². The highest BCUT2D eigenvalue weighted by atomic mass is 16.6. The summed E-state index contributed by atoms with van der Waals surface area (Å²) < 4.78 is 5.48. The molecule has 0 bridgehead atoms. The molecule has 1 fully saturated rings. The Hall–Kier alpha value is -3.87. The van der Waals surface area contributed by atoms with Crippen molar-refractivity contribution in [1.82, 2.24) is 10.2 Å². The highest BCUT2D eigenvalue weighted by Gasteiger charge is 2.48. The van der Waals surface area contributed by atoms with Crippen LogP contribution in [0.15, 0.2) is 60.7 Å². The lowest BCUT2D eigenvalue weighted by Crippen LogP contribution is -2.55. The van der Waals surface area contributed by atoms with E-state index in [1.807, 2.05) is 82.3 Å². The van der Waals surface area contributed by atoms with Crippen molar-refractivity contribution in [1.29, 1.82) is 0 Å². The molecule has 3 aromatic rings. The number of alkyl carbamates (subject to hydrolysis) is 1. The molecule has 0 radical (unpaired) electrons. The molecule has 7 heteroatoms. The summed E-state index contributed by atoms with van der Waals surface area (Å²) in [7, 11) is 0. The van der Waals surface area contributed by atoms with E-state index in [4.69, 9.17) is 4.74 Å². The van der Waals surface area contributed by atoms with Gasteiger partial charge in [-0.2, -0.15) is 0 Å². The number of rotatable bonds is 8. The fourth-order valence-corrected chi connectivity index (χ4v) is 5.36. The standard InChI is InChI=1S/C34H43N3O4/c1-20(2)29(36-33(40)41-34(6,7)8)32(39)37(28-18-23(28)5)30(26-16-21(3)15-22(4)17-26)31(38)35-27-14-13-24-11-9-10-12-25(24)19-27/h9-17,19-20,23,28-30H,18H2,1-8H3,(H,35,38)(H,36,40). The molecular weight excluding hydrogens is 514 g/mol. The molecule has 3 aromatic carbocycles. The summed E-state index contributed by atoms with van der Waals surface area (Å²) in [4.78, 5) is 43.1. The van der Waals surface area contributed by atoms with Gasteiger partial charge < -0.3 is 20.3 Å². The van der Waals surface area contributed by atoms with E-state index in [2.05, 4.69) is 23.6 Å². The Kier molecular flexibility index (Phi) is 8.76. The van der Waals surface area contributed by atoms with E-state index in [1.54, 1.807) is 25.7 Å². The highest BCUT2D eigenvalue weighted by molar-refractivity contribution is 6.00. The van der Waals surface area contributed by atoms with Crippen molar-refractivity contribution in [3.05, 3.63) is 77.4 Å². The van der Waals surface area contributed by atoms with Crippen LogP contribution >= 0.6 is 0 Å². The van der Waals surface area contributed by atoms with Crippen LogP contribution in [0.1, 0.15) is 70.7 Å². The molecule has 1 saturated carbocycles. The fraction of sp³-hybridized carbons (Fsp3) is 0.441. The molecule has 3 amide bonds. The molecule has 0 aromatic heterocycles. The normalized spacial score (nSPS) is 18.0. The molecule has 1 aliphatic rings. The molecular formula is C34H43N3O4. The van der Waals surface area contributed by atoms with Crippen molar-refractivity contribution < 1.29 is 19.1 Å². The molecule has 218 valence electrons. The van der Waals surface area contributed by atoms with Crippen LogP contribution in [-0.4, -0.2) is 40.5 Å². The topological polar surface area (TPSA) is 87.7 Å². The minimum absolute atomic E-state index is 0.127. The van der Waals surface area contributed by atoms with Crippen LogP contribution in [0.25, 0.3) is 10.8 Å². The van der Waals surface area contributed by atoms with E-state index >= 15 is 0 Å². The number of hydrogen-bond acceptors (Lipinski definition) is 4. The highest BCUT2D eigenvalue weighted by Crippen LogP contribution is 2.41. The number of fused-ring (bicyclic) bond motifs is 1. The summed E-state index contributed by atoms with van der Waals surface area (Å²) in [5.41, 5.74) is 2.71. The SMILES string of the molecule is Cc1cc(C)cc(C(C(=O)Nc2ccc3ccccc3c2)N(C(=O)C(NC(=O)OC(C)(C)C)C(C)C)C2CC2C)c1. The van der Waals surface area contributed by atoms with Crippen molar-refractivity contribution >= 4 is 34.4 Å². The zero-order valence-corrected chi connectivity index (χ0v) is 25.4. The minimum Gasteiger partial charge on any atom is -0.444 e. The number of anilines is 1. The van der Waals surface area contributed by atoms with Gasteiger partial charge in [0.25, 0.3) is 5.91 Å². The maximum Gasteiger partial charge on any atom is 0.408 e. The largest absolute Gasteiger partial charge is 0.444 e. The zero-order valence-electron chi connectivity index (χ0n) is 25.4. The zero-order chi connectivity index (χ0) is 30.1. The molecule has 7 nitrogen and oxygen atoms in total. The van der Waals surface area contributed by atoms with Crippen LogP contribution in [0.4, 0.5) is 10.5 Å². The maximum atomic E-state index is 14.4. The summed E-state index contributed by atoms with van der Waals surface area (Å²) in [6.07, 6.45) is 0.130. The predicted octanol–water partition coefficient (Wildman–Crippen LogP) is 6.92. The summed E-state index contributed by atoms with van der Waals surface area (Å²) in [6.45, 7) is 15.2. The van der Waals surface area contributed by atoms with Crippen LogP contribution in [0, 0.1) is 25.7 Å². The van der Waals surface area contributed by atoms with Crippen molar-refractivity contribution in [3.8, 4) is 0 Å². The second-order valence-corrected chi connectivity index (χ2v) is 12.8. The average molecular weight is 558 g/mol. The summed E-state index contributed by atoms with van der Waals surface area (Å²) >= 11 is 0. The molecule has 4 atom stereocenters. The predicted molar refractivity (Wildman–Crippen MR) is 164 cm³/mol. The molecule has 0 saturated heterocycles. The fourth-order valence-electron chi connectivity index (χ4n) is 5.36. The van der Waals surface area contributed by atoms with Gasteiger partial charge in [0.1, 0.15) is 17.7 Å². The van der Waals surface area contributed by atoms with Gasteiger partial charge in [0.05, 0.1) is 0 Å². The molecule has 1 aliphatic carbocycles. The monoisotopic (exact) mass is 557 g/mol. The number of hydrogen-bond donors (Lipinski definition) is 2. The number of benzene rings is 3. The maximum absolute atomic E-state index is 14.4. The number of ether oxygens (including phenoxy) is 1. The Morgan fingerprint density at radius 2 is 1.54 bits per heavy atom. The van der Waals surface area contributed by atoms with Crippen molar-refractivity contribution in [2.75, 3.05) is 5.32 Å². The number of carbonyl (C=O) groups excluding carboxylic acids is 3. The Bertz CT molecular complexity index is 1420. The smallest absolute Gasteiger partial charge is 0.408 e. The van der Waals surface area contributed by atoms with Gasteiger partial charge in [-0.05, 0) is 81.3 Å². The molecule has 0 heterocycles. The van der Waals surface area contributed by atoms with Gasteiger partial charge in [0.2, 0.25) is 5.91 Å². The first kappa shape index (κ1) is 30.1. The van der Waals surface area contributed by atoms with E-state index in [0.29, 0.717) is 5.69 Å². The molecule has 2 N–H and O–H groups in total. The van der Waals surface area contributed by atoms with Crippen LogP contribution in [0.3, 0.4) is 0 Å². The lowest BCUT2D eigenvalue weighted by atomic mass is 9.96. The molecule has 0 spiro atoms. The molecule has 4 rings (SSSR count). The quantitative estimate of drug-likeness (QED) is 0.315. The molecule has 4 unspecified atom stereocenters. The van der Waals surface area contributed by atoms with Crippen LogP contribution < -0.4 is 10.6 Å². The Morgan fingerprint density at radius 3 is 2.10 bits per heavy atom. The summed E-state index contributed by atoms with van der Waals surface area (Å²) in [6, 6.07) is 17.9. The van der Waals surface area contributed by atoms with E-state index in [1.165, 1.54) is 0 Å².